The van der Waals surface area contributed by atoms with Crippen LogP contribution in [0.1, 0.15) is 5.56 Å². The van der Waals surface area contributed by atoms with Gasteiger partial charge < -0.3 is 4.74 Å². The summed E-state index contributed by atoms with van der Waals surface area (Å²) in [7, 11) is 1.21. The van der Waals surface area contributed by atoms with E-state index in [1.807, 2.05) is 6.07 Å². The van der Waals surface area contributed by atoms with E-state index in [4.69, 9.17) is 4.74 Å². The molecule has 0 aliphatic heterocycles. The predicted octanol–water partition coefficient (Wildman–Crippen LogP) is 3.78. The predicted molar refractivity (Wildman–Crippen MR) is 61.2 cm³/mol. The van der Waals surface area contributed by atoms with Crippen LogP contribution in [0, 0.1) is 0 Å². The van der Waals surface area contributed by atoms with Gasteiger partial charge in [0, 0.05) is 17.8 Å². The minimum Gasteiger partial charge on any atom is -0.496 e. The third-order valence-corrected chi connectivity index (χ3v) is 2.46. The smallest absolute Gasteiger partial charge is 0.421 e. The van der Waals surface area contributed by atoms with Gasteiger partial charge >= 0.3 is 6.18 Å². The first-order valence-corrected chi connectivity index (χ1v) is 5.19. The third kappa shape index (κ3) is 2.45. The van der Waals surface area contributed by atoms with Crippen LogP contribution in [-0.2, 0) is 6.18 Å². The quantitative estimate of drug-likeness (QED) is 0.812. The minimum absolute atomic E-state index is 0.226. The molecule has 18 heavy (non-hydrogen) atoms. The Labute approximate surface area is 102 Å². The summed E-state index contributed by atoms with van der Waals surface area (Å²) < 4.78 is 42.7. The molecule has 0 aliphatic carbocycles. The number of hydrogen-bond donors (Lipinski definition) is 0. The maximum absolute atomic E-state index is 12.6. The second kappa shape index (κ2) is 4.68. The molecule has 1 aromatic carbocycles. The van der Waals surface area contributed by atoms with Gasteiger partial charge in [-0.25, -0.2) is 0 Å². The fourth-order valence-electron chi connectivity index (χ4n) is 1.59. The topological polar surface area (TPSA) is 22.1 Å². The maximum atomic E-state index is 12.6. The number of hydrogen-bond acceptors (Lipinski definition) is 2. The van der Waals surface area contributed by atoms with E-state index in [2.05, 4.69) is 4.98 Å². The van der Waals surface area contributed by atoms with Gasteiger partial charge in [-0.2, -0.15) is 13.2 Å². The number of ether oxygens (including phenoxy) is 1. The van der Waals surface area contributed by atoms with Gasteiger partial charge in [0.2, 0.25) is 0 Å². The summed E-state index contributed by atoms with van der Waals surface area (Å²) >= 11 is 0. The van der Waals surface area contributed by atoms with Crippen LogP contribution in [0.2, 0.25) is 0 Å². The van der Waals surface area contributed by atoms with Crippen molar-refractivity contribution in [2.45, 2.75) is 6.18 Å². The molecule has 0 unspecified atom stereocenters. The average molecular weight is 253 g/mol. The van der Waals surface area contributed by atoms with E-state index >= 15 is 0 Å². The van der Waals surface area contributed by atoms with E-state index < -0.39 is 11.7 Å². The van der Waals surface area contributed by atoms with Crippen LogP contribution in [0.5, 0.6) is 5.75 Å². The highest BCUT2D eigenvalue weighted by Crippen LogP contribution is 2.37. The summed E-state index contributed by atoms with van der Waals surface area (Å²) in [6.07, 6.45) is -3.67. The van der Waals surface area contributed by atoms with E-state index in [9.17, 15) is 13.2 Å². The van der Waals surface area contributed by atoms with E-state index in [-0.39, 0.29) is 5.75 Å². The maximum Gasteiger partial charge on any atom is 0.421 e. The van der Waals surface area contributed by atoms with Crippen LogP contribution >= 0.6 is 0 Å². The summed E-state index contributed by atoms with van der Waals surface area (Å²) in [4.78, 5) is 3.82. The Bertz CT molecular complexity index is 538. The molecular weight excluding hydrogens is 243 g/mol. The van der Waals surface area contributed by atoms with Crippen molar-refractivity contribution in [1.82, 2.24) is 4.98 Å². The fraction of sp³-hybridized carbons (Fsp3) is 0.154. The molecule has 0 saturated carbocycles. The summed E-state index contributed by atoms with van der Waals surface area (Å²) in [5.41, 5.74) is 0.314. The molecule has 2 rings (SSSR count). The van der Waals surface area contributed by atoms with Gasteiger partial charge in [0.15, 0.2) is 0 Å². The summed E-state index contributed by atoms with van der Waals surface area (Å²) in [6.45, 7) is 0. The zero-order chi connectivity index (χ0) is 13.2. The highest BCUT2D eigenvalue weighted by molar-refractivity contribution is 5.61. The van der Waals surface area contributed by atoms with Gasteiger partial charge in [0.05, 0.1) is 12.8 Å². The van der Waals surface area contributed by atoms with Crippen molar-refractivity contribution < 1.29 is 17.9 Å². The number of alkyl halides is 3. The van der Waals surface area contributed by atoms with Crippen molar-refractivity contribution in [3.63, 3.8) is 0 Å². The highest BCUT2D eigenvalue weighted by Gasteiger charge is 2.35. The number of benzene rings is 1. The Morgan fingerprint density at radius 2 is 1.78 bits per heavy atom. The third-order valence-electron chi connectivity index (χ3n) is 2.46. The second-order valence-electron chi connectivity index (χ2n) is 3.63. The van der Waals surface area contributed by atoms with Crippen molar-refractivity contribution in [1.29, 1.82) is 0 Å². The zero-order valence-corrected chi connectivity index (χ0v) is 9.53. The lowest BCUT2D eigenvalue weighted by Gasteiger charge is -2.12. The van der Waals surface area contributed by atoms with Crippen LogP contribution in [0.3, 0.4) is 0 Å². The van der Waals surface area contributed by atoms with Crippen LogP contribution < -0.4 is 4.74 Å². The number of rotatable bonds is 2. The Morgan fingerprint density at radius 1 is 1.11 bits per heavy atom. The Morgan fingerprint density at radius 3 is 2.33 bits per heavy atom. The molecule has 0 aliphatic rings. The van der Waals surface area contributed by atoms with E-state index in [0.717, 1.165) is 11.8 Å². The summed E-state index contributed by atoms with van der Waals surface area (Å²) in [5, 5.41) is 0. The largest absolute Gasteiger partial charge is 0.496 e. The van der Waals surface area contributed by atoms with Crippen molar-refractivity contribution in [2.24, 2.45) is 0 Å². The van der Waals surface area contributed by atoms with Gasteiger partial charge in [0.1, 0.15) is 11.3 Å². The van der Waals surface area contributed by atoms with Crippen molar-refractivity contribution in [2.75, 3.05) is 7.11 Å². The molecule has 5 heteroatoms. The lowest BCUT2D eigenvalue weighted by molar-refractivity contribution is -0.139. The molecule has 1 heterocycles. The Hall–Kier alpha value is -2.04. The van der Waals surface area contributed by atoms with Crippen LogP contribution in [0.4, 0.5) is 13.2 Å². The first-order chi connectivity index (χ1) is 8.52. The molecule has 2 nitrogen and oxygen atoms in total. The molecule has 0 bridgehead atoms. The second-order valence-corrected chi connectivity index (χ2v) is 3.63. The van der Waals surface area contributed by atoms with Crippen molar-refractivity contribution in [3.8, 4) is 17.0 Å². The molecule has 1 aromatic heterocycles. The molecule has 0 atom stereocenters. The number of methoxy groups -OCH3 is 1. The summed E-state index contributed by atoms with van der Waals surface area (Å²) in [6, 6.07) is 10.2. The Kier molecular flexibility index (Phi) is 3.23. The van der Waals surface area contributed by atoms with Gasteiger partial charge in [-0.15, -0.1) is 0 Å². The number of aromatic nitrogens is 1. The molecular formula is C13H10F3NO. The monoisotopic (exact) mass is 253 g/mol. The summed E-state index contributed by atoms with van der Waals surface area (Å²) in [5.74, 6) is -0.226. The normalized spacial score (nSPS) is 11.3. The first kappa shape index (κ1) is 12.4. The van der Waals surface area contributed by atoms with Gasteiger partial charge in [-0.05, 0) is 0 Å². The standard InChI is InChI=1S/C13H10F3NO/c1-18-12-7-11(9-5-3-2-4-6-9)17-8-10(12)13(14,15)16/h2-8H,1H3. The molecule has 0 saturated heterocycles. The van der Waals surface area contributed by atoms with Crippen molar-refractivity contribution in [3.05, 3.63) is 48.2 Å². The molecule has 2 aromatic rings. The van der Waals surface area contributed by atoms with Gasteiger partial charge in [-0.3, -0.25) is 4.98 Å². The van der Waals surface area contributed by atoms with Gasteiger partial charge in [-0.1, -0.05) is 30.3 Å². The Balaban J connectivity index is 2.49. The molecule has 94 valence electrons. The number of halogens is 3. The van der Waals surface area contributed by atoms with Crippen LogP contribution in [0.25, 0.3) is 11.3 Å². The lowest BCUT2D eigenvalue weighted by Crippen LogP contribution is -2.08. The van der Waals surface area contributed by atoms with Crippen LogP contribution in [-0.4, -0.2) is 12.1 Å². The first-order valence-electron chi connectivity index (χ1n) is 5.19. The molecule has 0 N–H and O–H groups in total. The van der Waals surface area contributed by atoms with Gasteiger partial charge in [0.25, 0.3) is 0 Å². The average Bonchev–Trinajstić information content (AvgIpc) is 2.38. The van der Waals surface area contributed by atoms with E-state index in [0.29, 0.717) is 5.69 Å². The highest BCUT2D eigenvalue weighted by atomic mass is 19.4. The molecule has 0 amide bonds. The zero-order valence-electron chi connectivity index (χ0n) is 9.53. The fourth-order valence-corrected chi connectivity index (χ4v) is 1.59. The minimum atomic E-state index is -4.46. The van der Waals surface area contributed by atoms with E-state index in [1.165, 1.54) is 13.2 Å². The molecule has 0 radical (unpaired) electrons. The number of pyridine rings is 1. The molecule has 0 fully saturated rings. The number of nitrogens with zero attached hydrogens (tertiary/aromatic N) is 1. The van der Waals surface area contributed by atoms with E-state index in [1.54, 1.807) is 24.3 Å². The lowest BCUT2D eigenvalue weighted by atomic mass is 10.1. The SMILES string of the molecule is COc1cc(-c2ccccc2)ncc1C(F)(F)F. The molecule has 0 spiro atoms. The van der Waals surface area contributed by atoms with Crippen molar-refractivity contribution >= 4 is 0 Å². The van der Waals surface area contributed by atoms with Crippen LogP contribution in [0.15, 0.2) is 42.6 Å².